The minimum Gasteiger partial charge on any atom is -0.481 e. The largest absolute Gasteiger partial charge is 0.481 e. The molecule has 0 aliphatic carbocycles. The van der Waals surface area contributed by atoms with Crippen molar-refractivity contribution in [1.29, 1.82) is 0 Å². The molecule has 34 heavy (non-hydrogen) atoms. The Labute approximate surface area is 196 Å². The van der Waals surface area contributed by atoms with Crippen molar-refractivity contribution in [3.05, 3.63) is 0 Å². The molecule has 5 unspecified atom stereocenters. The molecule has 0 aliphatic rings. The van der Waals surface area contributed by atoms with E-state index in [4.69, 9.17) is 21.7 Å². The number of hydrogen-bond donors (Lipinski definition) is 8. The van der Waals surface area contributed by atoms with Crippen LogP contribution in [-0.4, -0.2) is 81.7 Å². The summed E-state index contributed by atoms with van der Waals surface area (Å²) in [6.07, 6.45) is -0.140. The van der Waals surface area contributed by atoms with Crippen LogP contribution >= 0.6 is 0 Å². The van der Waals surface area contributed by atoms with Crippen LogP contribution in [0.3, 0.4) is 0 Å². The molecule has 194 valence electrons. The van der Waals surface area contributed by atoms with Crippen LogP contribution in [0.5, 0.6) is 0 Å². The fourth-order valence-corrected chi connectivity index (χ4v) is 2.91. The average Bonchev–Trinajstić information content (AvgIpc) is 2.74. The second kappa shape index (κ2) is 15.6. The van der Waals surface area contributed by atoms with Crippen molar-refractivity contribution in [1.82, 2.24) is 16.0 Å². The van der Waals surface area contributed by atoms with Gasteiger partial charge in [0.05, 0.1) is 18.9 Å². The van der Waals surface area contributed by atoms with Gasteiger partial charge in [0.15, 0.2) is 0 Å². The predicted octanol–water partition coefficient (Wildman–Crippen LogP) is -2.02. The number of carboxylic acid groups (broad SMARTS) is 3. The third-order valence-corrected chi connectivity index (χ3v) is 5.10. The standard InChI is InChI=1S/C20H35N5O9/c1-3-10(2)16(25-17(30)11(22)8-14(26)27)19(32)24-13(9-15(28)29)18(31)23-12(20(33)34)6-4-5-7-21/h10-13,16H,3-9,21-22H2,1-2H3,(H,23,31)(H,24,32)(H,25,30)(H,26,27)(H,28,29)(H,33,34). The van der Waals surface area contributed by atoms with E-state index < -0.39 is 78.6 Å². The minimum atomic E-state index is -1.63. The van der Waals surface area contributed by atoms with Gasteiger partial charge in [-0.1, -0.05) is 20.3 Å². The molecule has 0 saturated carbocycles. The highest BCUT2D eigenvalue weighted by Crippen LogP contribution is 2.10. The van der Waals surface area contributed by atoms with Crippen molar-refractivity contribution >= 4 is 35.6 Å². The summed E-state index contributed by atoms with van der Waals surface area (Å²) in [5.41, 5.74) is 10.9. The van der Waals surface area contributed by atoms with Crippen LogP contribution in [0.4, 0.5) is 0 Å². The molecule has 0 radical (unpaired) electrons. The topological polar surface area (TPSA) is 251 Å². The van der Waals surface area contributed by atoms with E-state index >= 15 is 0 Å². The van der Waals surface area contributed by atoms with Gasteiger partial charge in [0.2, 0.25) is 17.7 Å². The SMILES string of the molecule is CCC(C)C(NC(=O)C(N)CC(=O)O)C(=O)NC(CC(=O)O)C(=O)NC(CCCCN)C(=O)O. The lowest BCUT2D eigenvalue weighted by Gasteiger charge is -2.27. The van der Waals surface area contributed by atoms with E-state index in [1.165, 1.54) is 0 Å². The Hall–Kier alpha value is -3.26. The van der Waals surface area contributed by atoms with Gasteiger partial charge in [-0.15, -0.1) is 0 Å². The molecule has 0 fully saturated rings. The van der Waals surface area contributed by atoms with E-state index in [1.54, 1.807) is 13.8 Å². The van der Waals surface area contributed by atoms with Crippen LogP contribution in [0.15, 0.2) is 0 Å². The maximum Gasteiger partial charge on any atom is 0.326 e. The highest BCUT2D eigenvalue weighted by atomic mass is 16.4. The van der Waals surface area contributed by atoms with Crippen molar-refractivity contribution in [2.75, 3.05) is 6.54 Å². The van der Waals surface area contributed by atoms with E-state index in [0.717, 1.165) is 0 Å². The third-order valence-electron chi connectivity index (χ3n) is 5.10. The molecular formula is C20H35N5O9. The first-order valence-corrected chi connectivity index (χ1v) is 10.9. The maximum atomic E-state index is 12.9. The summed E-state index contributed by atoms with van der Waals surface area (Å²) >= 11 is 0. The lowest BCUT2D eigenvalue weighted by atomic mass is 9.97. The van der Waals surface area contributed by atoms with E-state index in [2.05, 4.69) is 16.0 Å². The minimum absolute atomic E-state index is 0.0546. The molecule has 14 heteroatoms. The first-order chi connectivity index (χ1) is 15.8. The number of carbonyl (C=O) groups is 6. The molecule has 0 rings (SSSR count). The van der Waals surface area contributed by atoms with Gasteiger partial charge >= 0.3 is 17.9 Å². The van der Waals surface area contributed by atoms with Gasteiger partial charge in [-0.2, -0.15) is 0 Å². The number of aliphatic carboxylic acids is 3. The molecule has 10 N–H and O–H groups in total. The van der Waals surface area contributed by atoms with Gasteiger partial charge in [-0.3, -0.25) is 24.0 Å². The zero-order chi connectivity index (χ0) is 26.4. The smallest absolute Gasteiger partial charge is 0.326 e. The zero-order valence-electron chi connectivity index (χ0n) is 19.3. The van der Waals surface area contributed by atoms with Crippen LogP contribution < -0.4 is 27.4 Å². The maximum absolute atomic E-state index is 12.9. The number of hydrogen-bond acceptors (Lipinski definition) is 8. The molecule has 0 aromatic rings. The van der Waals surface area contributed by atoms with Crippen LogP contribution in [0.1, 0.15) is 52.4 Å². The second-order valence-corrected chi connectivity index (χ2v) is 7.92. The van der Waals surface area contributed by atoms with Crippen molar-refractivity contribution < 1.29 is 44.1 Å². The van der Waals surface area contributed by atoms with Gasteiger partial charge in [-0.05, 0) is 31.7 Å². The Morgan fingerprint density at radius 3 is 1.82 bits per heavy atom. The van der Waals surface area contributed by atoms with Crippen LogP contribution in [0.2, 0.25) is 0 Å². The summed E-state index contributed by atoms with van der Waals surface area (Å²) in [7, 11) is 0. The highest BCUT2D eigenvalue weighted by molar-refractivity contribution is 5.96. The Morgan fingerprint density at radius 2 is 1.35 bits per heavy atom. The number of carbonyl (C=O) groups excluding carboxylic acids is 3. The van der Waals surface area contributed by atoms with E-state index in [0.29, 0.717) is 25.8 Å². The van der Waals surface area contributed by atoms with Crippen LogP contribution in [0, 0.1) is 5.92 Å². The summed E-state index contributed by atoms with van der Waals surface area (Å²) in [4.78, 5) is 71.2. The van der Waals surface area contributed by atoms with Crippen molar-refractivity contribution in [2.45, 2.75) is 76.5 Å². The average molecular weight is 490 g/mol. The summed E-state index contributed by atoms with van der Waals surface area (Å²) in [5, 5.41) is 34.1. The van der Waals surface area contributed by atoms with Crippen molar-refractivity contribution in [3.8, 4) is 0 Å². The van der Waals surface area contributed by atoms with E-state index in [1.807, 2.05) is 0 Å². The quantitative estimate of drug-likeness (QED) is 0.103. The molecule has 0 aromatic carbocycles. The molecule has 14 nitrogen and oxygen atoms in total. The number of unbranched alkanes of at least 4 members (excludes halogenated alkanes) is 1. The molecule has 0 bridgehead atoms. The Kier molecular flexibility index (Phi) is 14.1. The van der Waals surface area contributed by atoms with Crippen LogP contribution in [0.25, 0.3) is 0 Å². The number of nitrogens with two attached hydrogens (primary N) is 2. The van der Waals surface area contributed by atoms with Crippen molar-refractivity contribution in [3.63, 3.8) is 0 Å². The van der Waals surface area contributed by atoms with Crippen molar-refractivity contribution in [2.24, 2.45) is 17.4 Å². The zero-order valence-corrected chi connectivity index (χ0v) is 19.3. The fraction of sp³-hybridized carbons (Fsp3) is 0.700. The molecule has 0 saturated heterocycles. The fourth-order valence-electron chi connectivity index (χ4n) is 2.91. The summed E-state index contributed by atoms with van der Waals surface area (Å²) in [5.74, 6) is -7.39. The number of amides is 3. The highest BCUT2D eigenvalue weighted by Gasteiger charge is 2.33. The Morgan fingerprint density at radius 1 is 0.794 bits per heavy atom. The number of rotatable bonds is 17. The first-order valence-electron chi connectivity index (χ1n) is 10.9. The molecule has 5 atom stereocenters. The normalized spacial score (nSPS) is 15.2. The molecule has 0 aromatic heterocycles. The third kappa shape index (κ3) is 11.6. The molecule has 0 spiro atoms. The van der Waals surface area contributed by atoms with Gasteiger partial charge in [0.1, 0.15) is 18.1 Å². The summed E-state index contributed by atoms with van der Waals surface area (Å²) in [6, 6.07) is -5.62. The first kappa shape index (κ1) is 30.7. The second-order valence-electron chi connectivity index (χ2n) is 7.92. The Bertz CT molecular complexity index is 746. The van der Waals surface area contributed by atoms with Gasteiger partial charge in [0.25, 0.3) is 0 Å². The number of nitrogens with one attached hydrogen (secondary N) is 3. The molecule has 0 aliphatic heterocycles. The molecule has 0 heterocycles. The van der Waals surface area contributed by atoms with Crippen LogP contribution in [-0.2, 0) is 28.8 Å². The summed E-state index contributed by atoms with van der Waals surface area (Å²) < 4.78 is 0. The van der Waals surface area contributed by atoms with Gasteiger partial charge < -0.3 is 42.7 Å². The lowest BCUT2D eigenvalue weighted by Crippen LogP contribution is -2.59. The monoisotopic (exact) mass is 489 g/mol. The predicted molar refractivity (Wildman–Crippen MR) is 118 cm³/mol. The van der Waals surface area contributed by atoms with E-state index in [9.17, 15) is 33.9 Å². The van der Waals surface area contributed by atoms with E-state index in [-0.39, 0.29) is 6.42 Å². The Balaban J connectivity index is 5.53. The summed E-state index contributed by atoms with van der Waals surface area (Å²) in [6.45, 7) is 3.66. The molecular weight excluding hydrogens is 454 g/mol. The molecule has 3 amide bonds. The van der Waals surface area contributed by atoms with Gasteiger partial charge in [-0.25, -0.2) is 4.79 Å². The van der Waals surface area contributed by atoms with Gasteiger partial charge in [0, 0.05) is 0 Å². The number of carboxylic acids is 3. The lowest BCUT2D eigenvalue weighted by molar-refractivity contribution is -0.144.